The lowest BCUT2D eigenvalue weighted by atomic mass is 9.84. The van der Waals surface area contributed by atoms with Crippen LogP contribution < -0.4 is 0 Å². The van der Waals surface area contributed by atoms with Crippen molar-refractivity contribution < 1.29 is 36.3 Å². The van der Waals surface area contributed by atoms with Crippen molar-refractivity contribution in [2.45, 2.75) is 27.7 Å². The van der Waals surface area contributed by atoms with Crippen molar-refractivity contribution in [3.63, 3.8) is 0 Å². The van der Waals surface area contributed by atoms with E-state index < -0.39 is 15.6 Å². The lowest BCUT2D eigenvalue weighted by Gasteiger charge is -2.30. The third-order valence-corrected chi connectivity index (χ3v) is 6.38. The van der Waals surface area contributed by atoms with Gasteiger partial charge < -0.3 is 0 Å². The number of hydrogen-bond donors (Lipinski definition) is 0. The van der Waals surface area contributed by atoms with Gasteiger partial charge in [0.2, 0.25) is 0 Å². The summed E-state index contributed by atoms with van der Waals surface area (Å²) >= 11 is 0. The minimum atomic E-state index is -3.53. The molecule has 0 N–H and O–H groups in total. The standard InChI is InChI=1S/C14H28O8P2/c1-5-17-23(15,18-6-2)21-11-13-9-10-14(13)12-22-24(16,19-7-3)20-8-4/h9-10,13-14H,5-8,11-12H2,1-4H3/t13-,14+. The van der Waals surface area contributed by atoms with Crippen molar-refractivity contribution in [3.8, 4) is 0 Å². The first kappa shape index (κ1) is 22.0. The molecule has 0 aromatic heterocycles. The van der Waals surface area contributed by atoms with E-state index in [4.69, 9.17) is 27.1 Å². The molecule has 10 heteroatoms. The van der Waals surface area contributed by atoms with Crippen molar-refractivity contribution in [1.29, 1.82) is 0 Å². The zero-order chi connectivity index (χ0) is 18.1. The smallest absolute Gasteiger partial charge is 0.287 e. The topological polar surface area (TPSA) is 89.5 Å². The van der Waals surface area contributed by atoms with E-state index in [2.05, 4.69) is 0 Å². The molecule has 0 radical (unpaired) electrons. The van der Waals surface area contributed by atoms with Crippen LogP contribution in [0.5, 0.6) is 0 Å². The molecule has 8 nitrogen and oxygen atoms in total. The van der Waals surface area contributed by atoms with Crippen molar-refractivity contribution >= 4 is 15.6 Å². The lowest BCUT2D eigenvalue weighted by molar-refractivity contribution is 0.0795. The minimum Gasteiger partial charge on any atom is -0.287 e. The van der Waals surface area contributed by atoms with Gasteiger partial charge in [0, 0.05) is 11.8 Å². The maximum absolute atomic E-state index is 12.2. The molecule has 0 heterocycles. The van der Waals surface area contributed by atoms with Gasteiger partial charge in [0.25, 0.3) is 0 Å². The summed E-state index contributed by atoms with van der Waals surface area (Å²) in [6, 6.07) is 0. The maximum atomic E-state index is 12.2. The Hall–Kier alpha value is -0.0400. The molecule has 2 atom stereocenters. The van der Waals surface area contributed by atoms with Crippen LogP contribution in [0, 0.1) is 11.8 Å². The fourth-order valence-electron chi connectivity index (χ4n) is 1.99. The molecular weight excluding hydrogens is 358 g/mol. The Morgan fingerprint density at radius 3 is 1.12 bits per heavy atom. The summed E-state index contributed by atoms with van der Waals surface area (Å²) in [7, 11) is -7.06. The molecular formula is C14H28O8P2. The third-order valence-electron chi connectivity index (χ3n) is 3.15. The number of rotatable bonds is 14. The molecule has 0 aromatic rings. The maximum Gasteiger partial charge on any atom is 0.474 e. The first-order chi connectivity index (χ1) is 11.4. The molecule has 0 aromatic carbocycles. The van der Waals surface area contributed by atoms with Gasteiger partial charge in [-0.25, -0.2) is 9.13 Å². The van der Waals surface area contributed by atoms with Gasteiger partial charge in [-0.2, -0.15) is 0 Å². The predicted molar refractivity (Wildman–Crippen MR) is 89.7 cm³/mol. The summed E-state index contributed by atoms with van der Waals surface area (Å²) in [6.07, 6.45) is 3.81. The number of phosphoric acid groups is 2. The van der Waals surface area contributed by atoms with Gasteiger partial charge in [-0.1, -0.05) is 12.2 Å². The SMILES string of the molecule is CCOP(=O)(OCC)OC[C@H]1C=C[C@H]1COP(=O)(OCC)OCC. The molecule has 0 amide bonds. The highest BCUT2D eigenvalue weighted by atomic mass is 31.2. The Labute approximate surface area is 144 Å². The fraction of sp³-hybridized carbons (Fsp3) is 0.857. The summed E-state index contributed by atoms with van der Waals surface area (Å²) < 4.78 is 55.5. The molecule has 0 bridgehead atoms. The van der Waals surface area contributed by atoms with Crippen LogP contribution in [0.4, 0.5) is 0 Å². The first-order valence-electron chi connectivity index (χ1n) is 8.17. The van der Waals surface area contributed by atoms with Gasteiger partial charge in [-0.15, -0.1) is 0 Å². The second-order valence-electron chi connectivity index (χ2n) is 4.87. The summed E-state index contributed by atoms with van der Waals surface area (Å²) in [6.45, 7) is 8.12. The molecule has 0 aliphatic heterocycles. The second-order valence-corrected chi connectivity index (χ2v) is 8.21. The Morgan fingerprint density at radius 1 is 0.625 bits per heavy atom. The van der Waals surface area contributed by atoms with Gasteiger partial charge in [0.15, 0.2) is 0 Å². The second kappa shape index (κ2) is 10.8. The average molecular weight is 386 g/mol. The molecule has 24 heavy (non-hydrogen) atoms. The van der Waals surface area contributed by atoms with Crippen molar-refractivity contribution in [3.05, 3.63) is 12.2 Å². The van der Waals surface area contributed by atoms with Crippen molar-refractivity contribution in [2.75, 3.05) is 39.6 Å². The Bertz CT molecular complexity index is 419. The number of hydrogen-bond acceptors (Lipinski definition) is 8. The first-order valence-corrected chi connectivity index (χ1v) is 11.1. The Balaban J connectivity index is 2.46. The van der Waals surface area contributed by atoms with E-state index in [1.807, 2.05) is 12.2 Å². The molecule has 1 aliphatic rings. The van der Waals surface area contributed by atoms with Crippen LogP contribution in [0.2, 0.25) is 0 Å². The highest BCUT2D eigenvalue weighted by Gasteiger charge is 2.34. The predicted octanol–water partition coefficient (Wildman–Crippen LogP) is 4.18. The quantitative estimate of drug-likeness (QED) is 0.324. The molecule has 0 saturated carbocycles. The van der Waals surface area contributed by atoms with Crippen molar-refractivity contribution in [2.24, 2.45) is 11.8 Å². The van der Waals surface area contributed by atoms with E-state index in [0.717, 1.165) is 0 Å². The van der Waals surface area contributed by atoms with Gasteiger partial charge in [0.05, 0.1) is 39.6 Å². The van der Waals surface area contributed by atoms with E-state index in [0.29, 0.717) is 0 Å². The molecule has 1 aliphatic carbocycles. The molecule has 0 spiro atoms. The normalized spacial score (nSPS) is 21.0. The van der Waals surface area contributed by atoms with E-state index in [-0.39, 0.29) is 51.5 Å². The van der Waals surface area contributed by atoms with Crippen LogP contribution in [-0.2, 0) is 36.3 Å². The van der Waals surface area contributed by atoms with Crippen LogP contribution in [0.1, 0.15) is 27.7 Å². The average Bonchev–Trinajstić information content (AvgIpc) is 2.47. The summed E-state index contributed by atoms with van der Waals surface area (Å²) in [5, 5.41) is 0. The fourth-order valence-corrected chi connectivity index (χ4v) is 4.42. The molecule has 0 unspecified atom stereocenters. The third kappa shape index (κ3) is 7.06. The van der Waals surface area contributed by atoms with Crippen molar-refractivity contribution in [1.82, 2.24) is 0 Å². The highest BCUT2D eigenvalue weighted by molar-refractivity contribution is 7.48. The molecule has 1 rings (SSSR count). The van der Waals surface area contributed by atoms with E-state index in [1.165, 1.54) is 0 Å². The van der Waals surface area contributed by atoms with Gasteiger partial charge in [-0.05, 0) is 27.7 Å². The van der Waals surface area contributed by atoms with E-state index >= 15 is 0 Å². The van der Waals surface area contributed by atoms with Crippen LogP contribution >= 0.6 is 15.6 Å². The summed E-state index contributed by atoms with van der Waals surface area (Å²) in [5.74, 6) is -0.0631. The van der Waals surface area contributed by atoms with Crippen LogP contribution in [0.25, 0.3) is 0 Å². The van der Waals surface area contributed by atoms with E-state index in [9.17, 15) is 9.13 Å². The van der Waals surface area contributed by atoms with Gasteiger partial charge >= 0.3 is 15.6 Å². The van der Waals surface area contributed by atoms with Crippen LogP contribution in [0.3, 0.4) is 0 Å². The Kier molecular flexibility index (Phi) is 9.94. The van der Waals surface area contributed by atoms with Crippen LogP contribution in [0.15, 0.2) is 12.2 Å². The van der Waals surface area contributed by atoms with Crippen LogP contribution in [-0.4, -0.2) is 39.6 Å². The minimum absolute atomic E-state index is 0.0315. The highest BCUT2D eigenvalue weighted by Crippen LogP contribution is 2.52. The molecule has 0 fully saturated rings. The molecule has 142 valence electrons. The zero-order valence-corrected chi connectivity index (χ0v) is 16.5. The van der Waals surface area contributed by atoms with E-state index in [1.54, 1.807) is 27.7 Å². The molecule has 0 saturated heterocycles. The lowest BCUT2D eigenvalue weighted by Crippen LogP contribution is -2.27. The van der Waals surface area contributed by atoms with Gasteiger partial charge in [-0.3, -0.25) is 27.1 Å². The summed E-state index contributed by atoms with van der Waals surface area (Å²) in [4.78, 5) is 0. The summed E-state index contributed by atoms with van der Waals surface area (Å²) in [5.41, 5.74) is 0. The Morgan fingerprint density at radius 2 is 0.917 bits per heavy atom. The van der Waals surface area contributed by atoms with Gasteiger partial charge in [0.1, 0.15) is 0 Å². The largest absolute Gasteiger partial charge is 0.474 e. The number of phosphoric ester groups is 2. The zero-order valence-electron chi connectivity index (χ0n) is 14.7. The monoisotopic (exact) mass is 386 g/mol.